The number of hydrogen-bond acceptors (Lipinski definition) is 10. The number of nitrogens with one attached hydrogen (secondary N) is 1. The molecule has 2 heterocycles. The number of nitrogens with zero attached hydrogens (tertiary/aromatic N) is 2. The number of carbonyl (C=O) groups excluding carboxylic acids is 1. The van der Waals surface area contributed by atoms with Crippen molar-refractivity contribution in [3.05, 3.63) is 53.1 Å². The first-order valence-electron chi connectivity index (χ1n) is 10.8. The van der Waals surface area contributed by atoms with Crippen LogP contribution in [0.1, 0.15) is 27.0 Å². The molecular formula is C21H26ClN4O8P. The quantitative estimate of drug-likeness (QED) is 0.246. The maximum atomic E-state index is 13.7. The van der Waals surface area contributed by atoms with E-state index < -0.39 is 54.9 Å². The fourth-order valence-electron chi connectivity index (χ4n) is 3.71. The number of ether oxygens (including phenoxy) is 2. The minimum absolute atomic E-state index is 0.0237. The van der Waals surface area contributed by atoms with Gasteiger partial charge in [-0.05, 0) is 39.0 Å². The summed E-state index contributed by atoms with van der Waals surface area (Å²) in [5, 5.41) is 12.5. The number of hydrogen-bond donors (Lipinski definition) is 3. The number of nitrogen functional groups attached to an aromatic ring is 1. The maximum absolute atomic E-state index is 13.7. The van der Waals surface area contributed by atoms with Gasteiger partial charge in [-0.2, -0.15) is 10.1 Å². The number of fused-ring (bicyclic) bond motifs is 1. The van der Waals surface area contributed by atoms with E-state index in [2.05, 4.69) is 10.1 Å². The van der Waals surface area contributed by atoms with Crippen molar-refractivity contribution in [3.63, 3.8) is 0 Å². The van der Waals surface area contributed by atoms with Crippen LogP contribution in [0.5, 0.6) is 5.75 Å². The molecule has 0 bridgehead atoms. The summed E-state index contributed by atoms with van der Waals surface area (Å²) in [5.41, 5.74) is 3.02. The van der Waals surface area contributed by atoms with E-state index in [1.165, 1.54) is 19.2 Å². The molecule has 4 N–H and O–H groups in total. The predicted molar refractivity (Wildman–Crippen MR) is 125 cm³/mol. The lowest BCUT2D eigenvalue weighted by molar-refractivity contribution is -0.149. The molecule has 7 atom stereocenters. The average Bonchev–Trinajstić information content (AvgIpc) is 3.22. The van der Waals surface area contributed by atoms with E-state index in [9.17, 15) is 19.3 Å². The fourth-order valence-corrected chi connectivity index (χ4v) is 5.85. The molecule has 1 aromatic heterocycles. The number of carbonyl (C=O) groups is 1. The molecule has 2 unspecified atom stereocenters. The zero-order chi connectivity index (χ0) is 25.5. The number of aliphatic hydroxyl groups is 1. The molecular weight excluding hydrogens is 503 g/mol. The van der Waals surface area contributed by atoms with E-state index in [1.54, 1.807) is 44.2 Å². The smallest absolute Gasteiger partial charge is 0.459 e. The van der Waals surface area contributed by atoms with Gasteiger partial charge in [0.25, 0.3) is 0 Å². The van der Waals surface area contributed by atoms with Crippen molar-refractivity contribution < 1.29 is 33.0 Å². The Balaban J connectivity index is 1.52. The molecule has 35 heavy (non-hydrogen) atoms. The van der Waals surface area contributed by atoms with Gasteiger partial charge in [0.05, 0.1) is 6.10 Å². The van der Waals surface area contributed by atoms with Crippen molar-refractivity contribution in [2.45, 2.75) is 62.3 Å². The zero-order valence-electron chi connectivity index (χ0n) is 19.1. The molecule has 12 nitrogen and oxygen atoms in total. The number of rotatable bonds is 9. The van der Waals surface area contributed by atoms with Gasteiger partial charge >= 0.3 is 19.4 Å². The summed E-state index contributed by atoms with van der Waals surface area (Å²) in [6.45, 7) is 4.80. The Labute approximate surface area is 205 Å². The minimum Gasteiger partial charge on any atom is -0.462 e. The van der Waals surface area contributed by atoms with Crippen molar-refractivity contribution in [1.29, 1.82) is 0 Å². The second-order valence-corrected chi connectivity index (χ2v) is 10.7. The highest BCUT2D eigenvalue weighted by Gasteiger charge is 2.79. The topological polar surface area (TPSA) is 164 Å². The summed E-state index contributed by atoms with van der Waals surface area (Å²) in [7, 11) is -4.27. The molecule has 1 saturated carbocycles. The van der Waals surface area contributed by atoms with Crippen LogP contribution in [0.3, 0.4) is 0 Å². The molecule has 190 valence electrons. The number of para-hydroxylation sites is 1. The first kappa shape index (κ1) is 25.6. The molecule has 14 heteroatoms. The van der Waals surface area contributed by atoms with Gasteiger partial charge in [0.15, 0.2) is 6.23 Å². The highest BCUT2D eigenvalue weighted by atomic mass is 35.5. The van der Waals surface area contributed by atoms with Gasteiger partial charge in [-0.3, -0.25) is 13.9 Å². The SMILES string of the molecule is CC(C)OC(=O)[C@@H](C)NP(=O)(Oc1ccccc1)OC1[C@H]2O[C@@H](n3ccc(N)nc3=O)[C@@H](Cl)[C@@]12O. The lowest BCUT2D eigenvalue weighted by atomic mass is 10.2. The van der Waals surface area contributed by atoms with Crippen LogP contribution in [0, 0.1) is 0 Å². The third-order valence-electron chi connectivity index (χ3n) is 5.46. The molecule has 0 spiro atoms. The number of anilines is 1. The summed E-state index contributed by atoms with van der Waals surface area (Å²) in [6.07, 6.45) is -2.30. The van der Waals surface area contributed by atoms with Gasteiger partial charge in [0, 0.05) is 6.20 Å². The van der Waals surface area contributed by atoms with E-state index in [0.717, 1.165) is 4.57 Å². The number of nitrogens with two attached hydrogens (primary N) is 1. The summed E-state index contributed by atoms with van der Waals surface area (Å²) < 4.78 is 37.0. The molecule has 2 aromatic rings. The van der Waals surface area contributed by atoms with Crippen LogP contribution in [0.4, 0.5) is 5.82 Å². The largest absolute Gasteiger partial charge is 0.462 e. The van der Waals surface area contributed by atoms with Gasteiger partial charge < -0.3 is 24.8 Å². The van der Waals surface area contributed by atoms with E-state index >= 15 is 0 Å². The number of aromatic nitrogens is 2. The molecule has 1 saturated heterocycles. The Hall–Kier alpha value is -2.47. The second-order valence-electron chi connectivity index (χ2n) is 8.54. The van der Waals surface area contributed by atoms with Crippen LogP contribution >= 0.6 is 19.3 Å². The second kappa shape index (κ2) is 9.53. The highest BCUT2D eigenvalue weighted by molar-refractivity contribution is 7.52. The number of alkyl halides is 1. The molecule has 0 amide bonds. The molecule has 1 aromatic carbocycles. The van der Waals surface area contributed by atoms with Gasteiger partial charge in [-0.1, -0.05) is 18.2 Å². The third kappa shape index (κ3) is 5.09. The van der Waals surface area contributed by atoms with E-state index in [-0.39, 0.29) is 17.7 Å². The molecule has 1 aliphatic carbocycles. The molecule has 0 radical (unpaired) electrons. The van der Waals surface area contributed by atoms with Crippen LogP contribution in [-0.4, -0.2) is 56.0 Å². The summed E-state index contributed by atoms with van der Waals surface area (Å²) >= 11 is 6.46. The molecule has 1 aliphatic heterocycles. The number of halogens is 1. The average molecular weight is 529 g/mol. The van der Waals surface area contributed by atoms with Crippen molar-refractivity contribution in [2.24, 2.45) is 0 Å². The molecule has 2 aliphatic rings. The standard InChI is InChI=1S/C21H26ClN4O8P/c1-11(2)31-19(27)12(3)25-35(30,33-13-7-5-4-6-8-13)34-17-16-21(17,29)15(22)18(32-16)26-10-9-14(23)24-20(26)28/h4-12,15-18,29H,1-3H3,(H,25,30)(H2,23,24,28)/t12-,15-,16-,17?,18-,21+,35?/m1/s1. The first-order chi connectivity index (χ1) is 16.4. The van der Waals surface area contributed by atoms with Gasteiger partial charge in [0.1, 0.15) is 40.8 Å². The van der Waals surface area contributed by atoms with Crippen molar-refractivity contribution in [1.82, 2.24) is 14.6 Å². The third-order valence-corrected chi connectivity index (χ3v) is 7.68. The van der Waals surface area contributed by atoms with Gasteiger partial charge in [-0.25, -0.2) is 9.36 Å². The predicted octanol–water partition coefficient (Wildman–Crippen LogP) is 1.58. The zero-order valence-corrected chi connectivity index (χ0v) is 20.8. The monoisotopic (exact) mass is 528 g/mol. The van der Waals surface area contributed by atoms with Crippen LogP contribution < -0.4 is 21.0 Å². The van der Waals surface area contributed by atoms with Crippen LogP contribution in [0.25, 0.3) is 0 Å². The number of esters is 1. The Morgan fingerprint density at radius 1 is 1.31 bits per heavy atom. The normalized spacial score (nSPS) is 29.8. The van der Waals surface area contributed by atoms with Crippen LogP contribution in [0.2, 0.25) is 0 Å². The lowest BCUT2D eigenvalue weighted by Gasteiger charge is -2.27. The summed E-state index contributed by atoms with van der Waals surface area (Å²) in [4.78, 5) is 28.1. The highest BCUT2D eigenvalue weighted by Crippen LogP contribution is 2.62. The Morgan fingerprint density at radius 2 is 2.00 bits per heavy atom. The Morgan fingerprint density at radius 3 is 2.57 bits per heavy atom. The van der Waals surface area contributed by atoms with Gasteiger partial charge in [-0.15, -0.1) is 11.6 Å². The minimum atomic E-state index is -4.27. The van der Waals surface area contributed by atoms with Crippen LogP contribution in [-0.2, 0) is 23.4 Å². The Kier molecular flexibility index (Phi) is 6.98. The van der Waals surface area contributed by atoms with E-state index in [0.29, 0.717) is 0 Å². The van der Waals surface area contributed by atoms with E-state index in [1.807, 2.05) is 0 Å². The van der Waals surface area contributed by atoms with Crippen molar-refractivity contribution >= 4 is 31.1 Å². The van der Waals surface area contributed by atoms with Crippen LogP contribution in [0.15, 0.2) is 47.4 Å². The van der Waals surface area contributed by atoms with Crippen molar-refractivity contribution in [3.8, 4) is 5.75 Å². The van der Waals surface area contributed by atoms with Crippen molar-refractivity contribution in [2.75, 3.05) is 5.73 Å². The molecule has 4 rings (SSSR count). The van der Waals surface area contributed by atoms with E-state index in [4.69, 9.17) is 35.9 Å². The lowest BCUT2D eigenvalue weighted by Crippen LogP contribution is -2.39. The fraction of sp³-hybridized carbons (Fsp3) is 0.476. The van der Waals surface area contributed by atoms with Gasteiger partial charge in [0.2, 0.25) is 0 Å². The number of benzene rings is 1. The molecule has 2 fully saturated rings. The summed E-state index contributed by atoms with van der Waals surface area (Å²) in [5.74, 6) is -0.445. The first-order valence-corrected chi connectivity index (χ1v) is 12.8. The Bertz CT molecular complexity index is 1200. The summed E-state index contributed by atoms with van der Waals surface area (Å²) in [6, 6.07) is 8.48. The maximum Gasteiger partial charge on any atom is 0.459 e.